The number of carbonyl (C=O) groups is 5. The third kappa shape index (κ3) is 13.4. The van der Waals surface area contributed by atoms with Gasteiger partial charge in [-0.2, -0.15) is 54.8 Å². The number of carbonyl (C=O) groups excluding carboxylic acids is 3. The number of alkyl halides is 9. The maximum absolute atomic E-state index is 13.2. The van der Waals surface area contributed by atoms with E-state index in [2.05, 4.69) is 25.9 Å². The van der Waals surface area contributed by atoms with Gasteiger partial charge in [-0.25, -0.2) is 28.4 Å². The molecule has 0 radical (unpaired) electrons. The lowest BCUT2D eigenvalue weighted by Gasteiger charge is -2.21. The number of anilines is 6. The number of aromatic carboxylic acids is 2. The molecule has 3 aliphatic heterocycles. The van der Waals surface area contributed by atoms with E-state index < -0.39 is 59.2 Å². The van der Waals surface area contributed by atoms with Crippen molar-refractivity contribution in [2.24, 2.45) is 0 Å². The predicted molar refractivity (Wildman–Crippen MR) is 306 cm³/mol. The van der Waals surface area contributed by atoms with E-state index in [0.717, 1.165) is 47.5 Å². The van der Waals surface area contributed by atoms with Crippen molar-refractivity contribution in [1.82, 2.24) is 40.0 Å². The molecule has 466 valence electrons. The maximum Gasteiger partial charge on any atom is 0.416 e. The van der Waals surface area contributed by atoms with Crippen molar-refractivity contribution < 1.29 is 78.4 Å². The number of aryl methyl sites for hydroxylation is 3. The standard InChI is InChI=1S/C24H23F3N4O3.C23H21F3N4O3.C14H12F3N3O2/c1-14(16-4-6-17(7-5-16)23(33)34-3)28-21(32)20-15(2)29-31-13-12-30(22(20)31)19-10-8-18(9-11-19)24(25,26)27;1-13(15-3-5-16(6-4-15)22(32)33)27-20(31)19-14(2)28-30-12-11-29(21(19)30)18-9-7-17(8-10-18)23(24,25)26;1-8-11(13(21)22)12-19(6-7-20(12)18-8)10-4-2-9(3-5-10)14(15,16)17/h4-11,14H,12-13H2,1-3H3,(H,28,32);3-10,13H,11-12H2,1-2H3,(H,27,31)(H,32,33);2-5H,6-7H2,1H3,(H,21,22)/t14-;13-;/m00./s1. The van der Waals surface area contributed by atoms with Crippen LogP contribution in [0.1, 0.15) is 123 Å². The molecule has 19 nitrogen and oxygen atoms in total. The number of halogens is 9. The zero-order valence-corrected chi connectivity index (χ0v) is 48.2. The van der Waals surface area contributed by atoms with Crippen LogP contribution in [0, 0.1) is 20.8 Å². The van der Waals surface area contributed by atoms with Gasteiger partial charge in [0.1, 0.15) is 34.1 Å². The second-order valence-corrected chi connectivity index (χ2v) is 20.8. The van der Waals surface area contributed by atoms with E-state index in [-0.39, 0.29) is 29.0 Å². The molecule has 0 saturated heterocycles. The van der Waals surface area contributed by atoms with Gasteiger partial charge in [0.25, 0.3) is 11.8 Å². The average molecular weight is 1240 g/mol. The van der Waals surface area contributed by atoms with Gasteiger partial charge < -0.3 is 40.3 Å². The normalized spacial score (nSPS) is 14.1. The number of ether oxygens (including phenoxy) is 1. The number of fused-ring (bicyclic) bond motifs is 3. The van der Waals surface area contributed by atoms with Gasteiger partial charge in [-0.3, -0.25) is 9.59 Å². The summed E-state index contributed by atoms with van der Waals surface area (Å²) in [6.07, 6.45) is -13.2. The van der Waals surface area contributed by atoms with Crippen molar-refractivity contribution in [3.63, 3.8) is 0 Å². The molecule has 0 bridgehead atoms. The molecule has 6 heterocycles. The van der Waals surface area contributed by atoms with Crippen LogP contribution in [0.2, 0.25) is 0 Å². The first-order valence-corrected chi connectivity index (χ1v) is 27.4. The Morgan fingerprint density at radius 2 is 0.730 bits per heavy atom. The highest BCUT2D eigenvalue weighted by molar-refractivity contribution is 6.02. The van der Waals surface area contributed by atoms with E-state index in [0.29, 0.717) is 108 Å². The fourth-order valence-electron chi connectivity index (χ4n) is 10.6. The molecule has 8 aromatic rings. The Hall–Kier alpha value is -10.2. The Kier molecular flexibility index (Phi) is 17.7. The fraction of sp³-hybridized carbons (Fsp3) is 0.279. The average Bonchev–Trinajstić information content (AvgIpc) is 1.69. The summed E-state index contributed by atoms with van der Waals surface area (Å²) >= 11 is 0. The summed E-state index contributed by atoms with van der Waals surface area (Å²) < 4.78 is 125. The number of hydrogen-bond acceptors (Lipinski definition) is 12. The third-order valence-electron chi connectivity index (χ3n) is 15.0. The Morgan fingerprint density at radius 3 is 1.01 bits per heavy atom. The summed E-state index contributed by atoms with van der Waals surface area (Å²) in [5, 5.41) is 37.2. The van der Waals surface area contributed by atoms with Gasteiger partial charge in [-0.1, -0.05) is 24.3 Å². The van der Waals surface area contributed by atoms with Crippen LogP contribution in [0.3, 0.4) is 0 Å². The van der Waals surface area contributed by atoms with Gasteiger partial charge in [-0.15, -0.1) is 0 Å². The first-order chi connectivity index (χ1) is 41.9. The Bertz CT molecular complexity index is 3950. The minimum absolute atomic E-state index is 0.0809. The van der Waals surface area contributed by atoms with Crippen molar-refractivity contribution in [3.05, 3.63) is 194 Å². The third-order valence-corrected chi connectivity index (χ3v) is 15.0. The molecule has 2 amide bonds. The number of aromatic nitrogens is 6. The highest BCUT2D eigenvalue weighted by atomic mass is 19.4. The Morgan fingerprint density at radius 1 is 0.438 bits per heavy atom. The highest BCUT2D eigenvalue weighted by Gasteiger charge is 2.37. The van der Waals surface area contributed by atoms with Crippen LogP contribution in [-0.2, 0) is 42.9 Å². The summed E-state index contributed by atoms with van der Waals surface area (Å²) in [4.78, 5) is 65.7. The van der Waals surface area contributed by atoms with Crippen molar-refractivity contribution in [1.29, 1.82) is 0 Å². The van der Waals surface area contributed by atoms with Gasteiger partial charge in [0.05, 0.1) is 83.7 Å². The fourth-order valence-corrected chi connectivity index (χ4v) is 10.6. The number of carboxylic acid groups (broad SMARTS) is 2. The molecule has 0 aliphatic carbocycles. The van der Waals surface area contributed by atoms with Crippen LogP contribution in [0.5, 0.6) is 0 Å². The lowest BCUT2D eigenvalue weighted by molar-refractivity contribution is -0.138. The number of nitrogens with one attached hydrogen (secondary N) is 2. The monoisotopic (exact) mass is 1240 g/mol. The molecule has 0 unspecified atom stereocenters. The molecule has 0 saturated carbocycles. The summed E-state index contributed by atoms with van der Waals surface area (Å²) in [6, 6.07) is 26.5. The molecular weight excluding hydrogens is 1190 g/mol. The molecule has 5 aromatic carbocycles. The summed E-state index contributed by atoms with van der Waals surface area (Å²) in [6.45, 7) is 11.5. The Balaban J connectivity index is 0.000000162. The van der Waals surface area contributed by atoms with Crippen LogP contribution < -0.4 is 25.3 Å². The number of benzene rings is 5. The lowest BCUT2D eigenvalue weighted by Crippen LogP contribution is -2.28. The largest absolute Gasteiger partial charge is 0.478 e. The summed E-state index contributed by atoms with van der Waals surface area (Å²) in [5.41, 5.74) is 3.68. The predicted octanol–water partition coefficient (Wildman–Crippen LogP) is 12.3. The zero-order valence-electron chi connectivity index (χ0n) is 48.2. The Labute approximate surface area is 501 Å². The number of nitrogens with zero attached hydrogens (tertiary/aromatic N) is 9. The molecule has 4 N–H and O–H groups in total. The quantitative estimate of drug-likeness (QED) is 0.0660. The molecule has 28 heteroatoms. The van der Waals surface area contributed by atoms with Crippen LogP contribution in [-0.4, -0.2) is 96.0 Å². The zero-order chi connectivity index (χ0) is 64.6. The molecule has 3 aromatic heterocycles. The molecule has 2 atom stereocenters. The topological polar surface area (TPSA) is 222 Å². The maximum atomic E-state index is 13.2. The minimum atomic E-state index is -4.42. The van der Waals surface area contributed by atoms with Crippen LogP contribution in [0.25, 0.3) is 0 Å². The molecule has 0 fully saturated rings. The number of rotatable bonds is 12. The van der Waals surface area contributed by atoms with Crippen molar-refractivity contribution >= 4 is 64.2 Å². The van der Waals surface area contributed by atoms with Crippen molar-refractivity contribution in [3.8, 4) is 0 Å². The van der Waals surface area contributed by atoms with Crippen molar-refractivity contribution in [2.45, 2.75) is 84.9 Å². The molecular formula is C61H56F9N11O8. The number of hydrogen-bond donors (Lipinski definition) is 4. The first kappa shape index (κ1) is 63.4. The van der Waals surface area contributed by atoms with E-state index in [4.69, 9.17) is 9.84 Å². The lowest BCUT2D eigenvalue weighted by atomic mass is 10.1. The molecule has 0 spiro atoms. The van der Waals surface area contributed by atoms with E-state index >= 15 is 0 Å². The summed E-state index contributed by atoms with van der Waals surface area (Å²) in [7, 11) is 1.31. The molecule has 3 aliphatic rings. The van der Waals surface area contributed by atoms with E-state index in [1.54, 1.807) is 92.8 Å². The number of amides is 2. The van der Waals surface area contributed by atoms with Gasteiger partial charge >= 0.3 is 36.4 Å². The van der Waals surface area contributed by atoms with Crippen molar-refractivity contribution in [2.75, 3.05) is 41.4 Å². The second-order valence-electron chi connectivity index (χ2n) is 20.8. The molecule has 89 heavy (non-hydrogen) atoms. The van der Waals surface area contributed by atoms with E-state index in [1.165, 1.54) is 55.6 Å². The van der Waals surface area contributed by atoms with E-state index in [1.807, 2.05) is 6.92 Å². The van der Waals surface area contributed by atoms with Crippen LogP contribution >= 0.6 is 0 Å². The van der Waals surface area contributed by atoms with Crippen LogP contribution in [0.15, 0.2) is 121 Å². The number of methoxy groups -OCH3 is 1. The van der Waals surface area contributed by atoms with Crippen LogP contribution in [0.4, 0.5) is 74.0 Å². The molecule has 11 rings (SSSR count). The summed E-state index contributed by atoms with van der Waals surface area (Å²) in [5.74, 6) is -1.82. The smallest absolute Gasteiger partial charge is 0.416 e. The van der Waals surface area contributed by atoms with Gasteiger partial charge in [0.15, 0.2) is 0 Å². The van der Waals surface area contributed by atoms with Gasteiger partial charge in [0.2, 0.25) is 0 Å². The van der Waals surface area contributed by atoms with Gasteiger partial charge in [0, 0.05) is 36.7 Å². The van der Waals surface area contributed by atoms with Gasteiger partial charge in [-0.05, 0) is 143 Å². The SMILES string of the molecule is COC(=O)c1ccc([C@H](C)NC(=O)c2c(C)nn3c2N(c2ccc(C(F)(F)F)cc2)CC3)cc1.Cc1nn2c(c1C(=O)N[C@@H](C)c1ccc(C(=O)O)cc1)N(c1ccc(C(F)(F)F)cc1)CC2.Cc1nn2c(c1C(=O)O)N(c1ccc(C(F)(F)F)cc1)CC2. The number of esters is 1. The minimum Gasteiger partial charge on any atom is -0.478 e. The van der Waals surface area contributed by atoms with E-state index in [9.17, 15) is 68.6 Å². The number of carboxylic acids is 2. The highest BCUT2D eigenvalue weighted by Crippen LogP contribution is 2.41. The first-order valence-electron chi connectivity index (χ1n) is 27.4. The second kappa shape index (κ2) is 24.9.